The number of nitrogens with zero attached hydrogens (tertiary/aromatic N) is 2. The van der Waals surface area contributed by atoms with E-state index in [9.17, 15) is 4.79 Å². The molecule has 1 amide bonds. The fraction of sp³-hybridized carbons (Fsp3) is 0.583. The molecule has 2 heterocycles. The van der Waals surface area contributed by atoms with E-state index in [4.69, 9.17) is 0 Å². The summed E-state index contributed by atoms with van der Waals surface area (Å²) in [5.74, 6) is 0.0929. The third kappa shape index (κ3) is 3.00. The highest BCUT2D eigenvalue weighted by Crippen LogP contribution is 2.25. The number of piperidine rings is 1. The predicted octanol–water partition coefficient (Wildman–Crippen LogP) is 0.482. The van der Waals surface area contributed by atoms with Crippen LogP contribution < -0.4 is 10.6 Å². The summed E-state index contributed by atoms with van der Waals surface area (Å²) in [6, 6.07) is 3.67. The maximum Gasteiger partial charge on any atom is 0.227 e. The Bertz CT molecular complexity index is 373. The van der Waals surface area contributed by atoms with Crippen LogP contribution in [-0.4, -0.2) is 29.2 Å². The van der Waals surface area contributed by atoms with Gasteiger partial charge in [-0.2, -0.15) is 10.2 Å². The Morgan fingerprint density at radius 3 is 3.18 bits per heavy atom. The lowest BCUT2D eigenvalue weighted by atomic mass is 9.82. The van der Waals surface area contributed by atoms with Gasteiger partial charge in [-0.3, -0.25) is 4.79 Å². The molecule has 1 atom stereocenters. The highest BCUT2D eigenvalue weighted by Gasteiger charge is 2.34. The monoisotopic (exact) mass is 234 g/mol. The number of hydrogen-bond acceptors (Lipinski definition) is 4. The zero-order valence-electron chi connectivity index (χ0n) is 10.1. The average Bonchev–Trinajstić information content (AvgIpc) is 2.38. The van der Waals surface area contributed by atoms with Crippen LogP contribution in [0.1, 0.15) is 25.5 Å². The zero-order valence-corrected chi connectivity index (χ0v) is 10.1. The van der Waals surface area contributed by atoms with Crippen LogP contribution in [0.3, 0.4) is 0 Å². The van der Waals surface area contributed by atoms with E-state index in [0.717, 1.165) is 31.6 Å². The molecule has 5 heteroatoms. The van der Waals surface area contributed by atoms with E-state index < -0.39 is 0 Å². The van der Waals surface area contributed by atoms with Gasteiger partial charge in [-0.25, -0.2) is 0 Å². The molecule has 1 aliphatic rings. The molecule has 0 aliphatic carbocycles. The van der Waals surface area contributed by atoms with E-state index in [0.29, 0.717) is 6.54 Å². The Kier molecular flexibility index (Phi) is 3.68. The summed E-state index contributed by atoms with van der Waals surface area (Å²) in [6.45, 7) is 4.21. The maximum absolute atomic E-state index is 12.1. The van der Waals surface area contributed by atoms with Crippen LogP contribution in [0.5, 0.6) is 0 Å². The van der Waals surface area contributed by atoms with Gasteiger partial charge in [0.1, 0.15) is 0 Å². The van der Waals surface area contributed by atoms with E-state index >= 15 is 0 Å². The maximum atomic E-state index is 12.1. The molecule has 1 unspecified atom stereocenters. The van der Waals surface area contributed by atoms with Crippen molar-refractivity contribution >= 4 is 5.91 Å². The highest BCUT2D eigenvalue weighted by atomic mass is 16.2. The van der Waals surface area contributed by atoms with Crippen molar-refractivity contribution in [3.63, 3.8) is 0 Å². The minimum absolute atomic E-state index is 0.0929. The molecule has 0 radical (unpaired) electrons. The molecule has 5 nitrogen and oxygen atoms in total. The van der Waals surface area contributed by atoms with Gasteiger partial charge in [0.2, 0.25) is 5.91 Å². The van der Waals surface area contributed by atoms with E-state index in [1.165, 1.54) is 0 Å². The number of nitrogens with one attached hydrogen (secondary N) is 2. The first kappa shape index (κ1) is 12.0. The summed E-state index contributed by atoms with van der Waals surface area (Å²) >= 11 is 0. The lowest BCUT2D eigenvalue weighted by Crippen LogP contribution is -2.48. The summed E-state index contributed by atoms with van der Waals surface area (Å²) in [4.78, 5) is 12.1. The second-order valence-corrected chi connectivity index (χ2v) is 4.74. The second kappa shape index (κ2) is 5.23. The van der Waals surface area contributed by atoms with Crippen molar-refractivity contribution in [1.82, 2.24) is 20.8 Å². The second-order valence-electron chi connectivity index (χ2n) is 4.74. The van der Waals surface area contributed by atoms with E-state index in [1.54, 1.807) is 6.20 Å². The summed E-state index contributed by atoms with van der Waals surface area (Å²) < 4.78 is 0. The predicted molar refractivity (Wildman–Crippen MR) is 64.1 cm³/mol. The topological polar surface area (TPSA) is 66.9 Å². The largest absolute Gasteiger partial charge is 0.350 e. The van der Waals surface area contributed by atoms with Gasteiger partial charge in [-0.1, -0.05) is 0 Å². The first-order valence-electron chi connectivity index (χ1n) is 5.96. The molecule has 1 fully saturated rings. The van der Waals surface area contributed by atoms with E-state index in [2.05, 4.69) is 20.8 Å². The van der Waals surface area contributed by atoms with Crippen molar-refractivity contribution in [3.05, 3.63) is 24.0 Å². The minimum atomic E-state index is -0.291. The average molecular weight is 234 g/mol. The van der Waals surface area contributed by atoms with Gasteiger partial charge in [0.05, 0.1) is 17.7 Å². The van der Waals surface area contributed by atoms with E-state index in [-0.39, 0.29) is 11.3 Å². The van der Waals surface area contributed by atoms with Gasteiger partial charge in [0, 0.05) is 12.7 Å². The Morgan fingerprint density at radius 2 is 2.53 bits per heavy atom. The molecule has 1 saturated heterocycles. The first-order valence-corrected chi connectivity index (χ1v) is 5.96. The molecule has 0 bridgehead atoms. The van der Waals surface area contributed by atoms with Gasteiger partial charge in [-0.15, -0.1) is 0 Å². The third-order valence-electron chi connectivity index (χ3n) is 3.20. The Hall–Kier alpha value is -1.49. The quantitative estimate of drug-likeness (QED) is 0.798. The van der Waals surface area contributed by atoms with Crippen molar-refractivity contribution < 1.29 is 4.79 Å². The van der Waals surface area contributed by atoms with Crippen LogP contribution in [0.4, 0.5) is 0 Å². The van der Waals surface area contributed by atoms with Gasteiger partial charge in [0.15, 0.2) is 0 Å². The first-order chi connectivity index (χ1) is 8.21. The summed E-state index contributed by atoms with van der Waals surface area (Å²) in [7, 11) is 0. The molecule has 17 heavy (non-hydrogen) atoms. The van der Waals surface area contributed by atoms with Crippen molar-refractivity contribution in [1.29, 1.82) is 0 Å². The summed E-state index contributed by atoms with van der Waals surface area (Å²) in [5, 5.41) is 13.9. The lowest BCUT2D eigenvalue weighted by molar-refractivity contribution is -0.131. The fourth-order valence-electron chi connectivity index (χ4n) is 2.06. The summed E-state index contributed by atoms with van der Waals surface area (Å²) in [6.07, 6.45) is 3.61. The van der Waals surface area contributed by atoms with Crippen molar-refractivity contribution in [2.75, 3.05) is 13.1 Å². The molecule has 1 aliphatic heterocycles. The SMILES string of the molecule is CC1(C(=O)NCc2cccnn2)CCCNC1. The third-order valence-corrected chi connectivity index (χ3v) is 3.20. The molecule has 2 rings (SSSR count). The fourth-order valence-corrected chi connectivity index (χ4v) is 2.06. The standard InChI is InChI=1S/C12H18N4O/c1-12(5-3-6-13-9-12)11(17)14-8-10-4-2-7-15-16-10/h2,4,7,13H,3,5-6,8-9H2,1H3,(H,14,17). The number of carbonyl (C=O) groups excluding carboxylic acids is 1. The summed E-state index contributed by atoms with van der Waals surface area (Å²) in [5.41, 5.74) is 0.494. The minimum Gasteiger partial charge on any atom is -0.350 e. The van der Waals surface area contributed by atoms with Crippen LogP contribution in [0, 0.1) is 5.41 Å². The smallest absolute Gasteiger partial charge is 0.227 e. The molecular formula is C12H18N4O. The molecule has 2 N–H and O–H groups in total. The number of hydrogen-bond donors (Lipinski definition) is 2. The van der Waals surface area contributed by atoms with Crippen LogP contribution in [0.2, 0.25) is 0 Å². The van der Waals surface area contributed by atoms with Gasteiger partial charge in [-0.05, 0) is 38.4 Å². The van der Waals surface area contributed by atoms with Crippen LogP contribution in [0.25, 0.3) is 0 Å². The van der Waals surface area contributed by atoms with Crippen molar-refractivity contribution in [2.45, 2.75) is 26.3 Å². The molecule has 1 aromatic heterocycles. The number of amides is 1. The van der Waals surface area contributed by atoms with E-state index in [1.807, 2.05) is 19.1 Å². The van der Waals surface area contributed by atoms with Gasteiger partial charge >= 0.3 is 0 Å². The molecule has 0 saturated carbocycles. The molecule has 0 aromatic carbocycles. The van der Waals surface area contributed by atoms with Crippen LogP contribution >= 0.6 is 0 Å². The molecular weight excluding hydrogens is 216 g/mol. The van der Waals surface area contributed by atoms with Crippen molar-refractivity contribution in [3.8, 4) is 0 Å². The normalized spacial score (nSPS) is 24.3. The van der Waals surface area contributed by atoms with Crippen LogP contribution in [0.15, 0.2) is 18.3 Å². The number of rotatable bonds is 3. The molecule has 0 spiro atoms. The van der Waals surface area contributed by atoms with Gasteiger partial charge in [0.25, 0.3) is 0 Å². The number of carbonyl (C=O) groups is 1. The van der Waals surface area contributed by atoms with Crippen LogP contribution in [-0.2, 0) is 11.3 Å². The number of aromatic nitrogens is 2. The van der Waals surface area contributed by atoms with Gasteiger partial charge < -0.3 is 10.6 Å². The Labute approximate surface area is 101 Å². The molecule has 1 aromatic rings. The Morgan fingerprint density at radius 1 is 1.65 bits per heavy atom. The lowest BCUT2D eigenvalue weighted by Gasteiger charge is -2.32. The zero-order chi connectivity index (χ0) is 12.1. The van der Waals surface area contributed by atoms with Crippen molar-refractivity contribution in [2.24, 2.45) is 5.41 Å². The molecule has 92 valence electrons. The highest BCUT2D eigenvalue weighted by molar-refractivity contribution is 5.82. The Balaban J connectivity index is 1.88.